The molecule has 4 heteroatoms. The number of carbonyl (C=O) groups is 1. The summed E-state index contributed by atoms with van der Waals surface area (Å²) in [7, 11) is 0. The van der Waals surface area contributed by atoms with E-state index in [4.69, 9.17) is 4.74 Å². The van der Waals surface area contributed by atoms with Crippen molar-refractivity contribution in [3.05, 3.63) is 30.1 Å². The number of hydrogen-bond donors (Lipinski definition) is 1. The SMILES string of the molecule is CCOC(=O)C(Nc1ccccc1F)C(C)CC. The molecule has 1 N–H and O–H groups in total. The Morgan fingerprint density at radius 2 is 2.06 bits per heavy atom. The van der Waals surface area contributed by atoms with E-state index in [0.717, 1.165) is 6.42 Å². The van der Waals surface area contributed by atoms with Gasteiger partial charge in [-0.05, 0) is 25.0 Å². The summed E-state index contributed by atoms with van der Waals surface area (Å²) < 4.78 is 18.6. The fourth-order valence-corrected chi connectivity index (χ4v) is 1.65. The van der Waals surface area contributed by atoms with Crippen molar-refractivity contribution in [3.63, 3.8) is 0 Å². The summed E-state index contributed by atoms with van der Waals surface area (Å²) in [6, 6.07) is 5.80. The van der Waals surface area contributed by atoms with Gasteiger partial charge in [-0.25, -0.2) is 9.18 Å². The molecule has 0 saturated heterocycles. The zero-order valence-corrected chi connectivity index (χ0v) is 11.1. The smallest absolute Gasteiger partial charge is 0.328 e. The molecule has 18 heavy (non-hydrogen) atoms. The monoisotopic (exact) mass is 253 g/mol. The lowest BCUT2D eigenvalue weighted by molar-refractivity contribution is -0.145. The van der Waals surface area contributed by atoms with Gasteiger partial charge in [0.25, 0.3) is 0 Å². The average Bonchev–Trinajstić information content (AvgIpc) is 2.37. The van der Waals surface area contributed by atoms with Crippen LogP contribution in [0.25, 0.3) is 0 Å². The normalized spacial score (nSPS) is 13.8. The summed E-state index contributed by atoms with van der Waals surface area (Å²) >= 11 is 0. The Kier molecular flexibility index (Phi) is 5.62. The average molecular weight is 253 g/mol. The second kappa shape index (κ2) is 6.99. The molecule has 0 spiro atoms. The molecule has 0 aliphatic carbocycles. The number of hydrogen-bond acceptors (Lipinski definition) is 3. The highest BCUT2D eigenvalue weighted by Gasteiger charge is 2.25. The first-order chi connectivity index (χ1) is 8.60. The van der Waals surface area contributed by atoms with E-state index in [9.17, 15) is 9.18 Å². The highest BCUT2D eigenvalue weighted by atomic mass is 19.1. The van der Waals surface area contributed by atoms with Crippen LogP contribution in [0.5, 0.6) is 0 Å². The number of carbonyl (C=O) groups excluding carboxylic acids is 1. The summed E-state index contributed by atoms with van der Waals surface area (Å²) in [5.74, 6) is -0.631. The molecule has 0 bridgehead atoms. The maximum atomic E-state index is 13.6. The molecular formula is C14H20FNO2. The van der Waals surface area contributed by atoms with Crippen LogP contribution in [0.15, 0.2) is 24.3 Å². The fraction of sp³-hybridized carbons (Fsp3) is 0.500. The fourth-order valence-electron chi connectivity index (χ4n) is 1.65. The van der Waals surface area contributed by atoms with E-state index in [2.05, 4.69) is 5.32 Å². The lowest BCUT2D eigenvalue weighted by Gasteiger charge is -2.23. The lowest BCUT2D eigenvalue weighted by atomic mass is 9.99. The predicted molar refractivity (Wildman–Crippen MR) is 69.9 cm³/mol. The number of anilines is 1. The Labute approximate surface area is 107 Å². The molecular weight excluding hydrogens is 233 g/mol. The number of esters is 1. The minimum absolute atomic E-state index is 0.0728. The minimum atomic E-state index is -0.521. The van der Waals surface area contributed by atoms with Crippen LogP contribution in [0, 0.1) is 11.7 Å². The quantitative estimate of drug-likeness (QED) is 0.791. The van der Waals surface area contributed by atoms with Crippen molar-refractivity contribution in [1.82, 2.24) is 0 Å². The largest absolute Gasteiger partial charge is 0.464 e. The van der Waals surface area contributed by atoms with Crippen LogP contribution < -0.4 is 5.32 Å². The van der Waals surface area contributed by atoms with E-state index < -0.39 is 6.04 Å². The zero-order valence-electron chi connectivity index (χ0n) is 11.1. The van der Waals surface area contributed by atoms with Crippen molar-refractivity contribution >= 4 is 11.7 Å². The Hall–Kier alpha value is -1.58. The third-order valence-electron chi connectivity index (χ3n) is 2.94. The first-order valence-electron chi connectivity index (χ1n) is 6.27. The molecule has 1 aromatic carbocycles. The Balaban J connectivity index is 2.85. The van der Waals surface area contributed by atoms with Gasteiger partial charge in [-0.15, -0.1) is 0 Å². The summed E-state index contributed by atoms with van der Waals surface area (Å²) in [6.07, 6.45) is 0.810. The third kappa shape index (κ3) is 3.72. The van der Waals surface area contributed by atoms with E-state index in [1.54, 1.807) is 25.1 Å². The number of rotatable bonds is 6. The molecule has 2 unspecified atom stereocenters. The van der Waals surface area contributed by atoms with Gasteiger partial charge in [-0.2, -0.15) is 0 Å². The topological polar surface area (TPSA) is 38.3 Å². The molecule has 2 atom stereocenters. The van der Waals surface area contributed by atoms with Crippen molar-refractivity contribution in [2.24, 2.45) is 5.92 Å². The van der Waals surface area contributed by atoms with Crippen molar-refractivity contribution in [2.75, 3.05) is 11.9 Å². The van der Waals surface area contributed by atoms with Crippen LogP contribution >= 0.6 is 0 Å². The molecule has 0 fully saturated rings. The van der Waals surface area contributed by atoms with Crippen molar-refractivity contribution in [1.29, 1.82) is 0 Å². The highest BCUT2D eigenvalue weighted by molar-refractivity contribution is 5.79. The molecule has 0 amide bonds. The zero-order chi connectivity index (χ0) is 13.5. The molecule has 0 aromatic heterocycles. The van der Waals surface area contributed by atoms with E-state index >= 15 is 0 Å². The van der Waals surface area contributed by atoms with Gasteiger partial charge in [0.05, 0.1) is 12.3 Å². The first-order valence-corrected chi connectivity index (χ1v) is 6.27. The van der Waals surface area contributed by atoms with Crippen molar-refractivity contribution < 1.29 is 13.9 Å². The summed E-state index contributed by atoms with van der Waals surface area (Å²) in [6.45, 7) is 6.01. The van der Waals surface area contributed by atoms with E-state index in [1.165, 1.54) is 6.07 Å². The van der Waals surface area contributed by atoms with E-state index in [1.807, 2.05) is 13.8 Å². The highest BCUT2D eigenvalue weighted by Crippen LogP contribution is 2.19. The molecule has 0 radical (unpaired) electrons. The van der Waals surface area contributed by atoms with Crippen LogP contribution in [-0.4, -0.2) is 18.6 Å². The van der Waals surface area contributed by atoms with Crippen LogP contribution in [-0.2, 0) is 9.53 Å². The molecule has 1 aromatic rings. The van der Waals surface area contributed by atoms with Crippen molar-refractivity contribution in [3.8, 4) is 0 Å². The van der Waals surface area contributed by atoms with Crippen LogP contribution in [0.2, 0.25) is 0 Å². The van der Waals surface area contributed by atoms with Crippen LogP contribution in [0.4, 0.5) is 10.1 Å². The maximum Gasteiger partial charge on any atom is 0.328 e. The third-order valence-corrected chi connectivity index (χ3v) is 2.94. The number of nitrogens with one attached hydrogen (secondary N) is 1. The van der Waals surface area contributed by atoms with Crippen LogP contribution in [0.3, 0.4) is 0 Å². The van der Waals surface area contributed by atoms with Gasteiger partial charge in [0.15, 0.2) is 0 Å². The summed E-state index contributed by atoms with van der Waals surface area (Å²) in [5, 5.41) is 2.93. The van der Waals surface area contributed by atoms with Gasteiger partial charge < -0.3 is 10.1 Å². The Bertz CT molecular complexity index is 395. The number of para-hydroxylation sites is 1. The van der Waals surface area contributed by atoms with Gasteiger partial charge in [0.2, 0.25) is 0 Å². The molecule has 1 rings (SSSR count). The molecule has 0 aliphatic rings. The molecule has 0 aliphatic heterocycles. The van der Waals surface area contributed by atoms with Gasteiger partial charge in [-0.3, -0.25) is 0 Å². The van der Waals surface area contributed by atoms with Gasteiger partial charge in [0, 0.05) is 0 Å². The minimum Gasteiger partial charge on any atom is -0.464 e. The molecule has 0 heterocycles. The molecule has 0 saturated carbocycles. The van der Waals surface area contributed by atoms with Gasteiger partial charge >= 0.3 is 5.97 Å². The number of ether oxygens (including phenoxy) is 1. The number of halogens is 1. The standard InChI is InChI=1S/C14H20FNO2/c1-4-10(3)13(14(17)18-5-2)16-12-9-7-6-8-11(12)15/h6-10,13,16H,4-5H2,1-3H3. The summed E-state index contributed by atoms with van der Waals surface area (Å²) in [5.41, 5.74) is 0.329. The molecule has 3 nitrogen and oxygen atoms in total. The second-order valence-electron chi connectivity index (χ2n) is 4.24. The first kappa shape index (κ1) is 14.5. The Morgan fingerprint density at radius 1 is 1.39 bits per heavy atom. The van der Waals surface area contributed by atoms with Crippen LogP contribution in [0.1, 0.15) is 27.2 Å². The number of benzene rings is 1. The second-order valence-corrected chi connectivity index (χ2v) is 4.24. The maximum absolute atomic E-state index is 13.6. The van der Waals surface area contributed by atoms with E-state index in [-0.39, 0.29) is 17.7 Å². The Morgan fingerprint density at radius 3 is 2.61 bits per heavy atom. The van der Waals surface area contributed by atoms with Gasteiger partial charge in [0.1, 0.15) is 11.9 Å². The van der Waals surface area contributed by atoms with E-state index in [0.29, 0.717) is 12.3 Å². The van der Waals surface area contributed by atoms with Gasteiger partial charge in [-0.1, -0.05) is 32.4 Å². The van der Waals surface area contributed by atoms with Crippen molar-refractivity contribution in [2.45, 2.75) is 33.2 Å². The molecule has 100 valence electrons. The predicted octanol–water partition coefficient (Wildman–Crippen LogP) is 3.22. The lowest BCUT2D eigenvalue weighted by Crippen LogP contribution is -2.37. The summed E-state index contributed by atoms with van der Waals surface area (Å²) in [4.78, 5) is 11.9.